The average Bonchev–Trinajstić information content (AvgIpc) is 2.50. The largest absolute Gasteiger partial charge is 0.784 e. The van der Waals surface area contributed by atoms with Crippen molar-refractivity contribution in [2.45, 2.75) is 12.8 Å². The summed E-state index contributed by atoms with van der Waals surface area (Å²) in [7, 11) is 0. The summed E-state index contributed by atoms with van der Waals surface area (Å²) in [6, 6.07) is 0. The maximum absolute atomic E-state index is 10.5. The van der Waals surface area contributed by atoms with E-state index < -0.39 is 0 Å². The molecule has 1 aliphatic carbocycles. The van der Waals surface area contributed by atoms with Crippen LogP contribution in [-0.4, -0.2) is 18.3 Å². The fourth-order valence-electron chi connectivity index (χ4n) is 0.663. The van der Waals surface area contributed by atoms with E-state index in [9.17, 15) is 5.21 Å². The minimum Gasteiger partial charge on any atom is -0.784 e. The van der Waals surface area contributed by atoms with Crippen LogP contribution in [0.15, 0.2) is 0 Å². The fraction of sp³-hybridized carbons (Fsp3) is 1.00. The molecule has 48 valence electrons. The van der Waals surface area contributed by atoms with E-state index in [1.165, 1.54) is 12.8 Å². The second-order valence-corrected chi connectivity index (χ2v) is 2.29. The number of hydrogen-bond acceptors (Lipinski definition) is 3. The molecule has 0 amide bonds. The van der Waals surface area contributed by atoms with Gasteiger partial charge < -0.3 is 16.0 Å². The molecule has 0 aliphatic heterocycles. The van der Waals surface area contributed by atoms with Gasteiger partial charge in [0.1, 0.15) is 0 Å². The highest BCUT2D eigenvalue weighted by atomic mass is 16.5. The van der Waals surface area contributed by atoms with Crippen LogP contribution < -0.4 is 5.73 Å². The molecule has 3 heteroatoms. The quantitative estimate of drug-likeness (QED) is 0.419. The highest BCUT2D eigenvalue weighted by Gasteiger charge is 2.20. The zero-order valence-corrected chi connectivity index (χ0v) is 4.84. The Hall–Kier alpha value is -0.120. The van der Waals surface area contributed by atoms with E-state index in [-0.39, 0.29) is 6.67 Å². The summed E-state index contributed by atoms with van der Waals surface area (Å²) in [4.78, 5) is 0. The van der Waals surface area contributed by atoms with E-state index in [0.29, 0.717) is 12.5 Å². The number of nitrogens with two attached hydrogens (primary N) is 1. The summed E-state index contributed by atoms with van der Waals surface area (Å²) in [6.07, 6.45) is 2.44. The molecule has 0 atom stereocenters. The van der Waals surface area contributed by atoms with Crippen molar-refractivity contribution < 1.29 is 0 Å². The molecule has 0 saturated heterocycles. The standard InChI is InChI=1S/C5H11N2O/c6-4-7(8)3-5-1-2-5/h5H,1-4,6H2/q-1. The molecule has 1 aliphatic rings. The first kappa shape index (κ1) is 6.01. The summed E-state index contributed by atoms with van der Waals surface area (Å²) in [5, 5.41) is 11.4. The van der Waals surface area contributed by atoms with Crippen LogP contribution in [-0.2, 0) is 0 Å². The van der Waals surface area contributed by atoms with Crippen LogP contribution in [0.5, 0.6) is 0 Å². The molecule has 1 rings (SSSR count). The Morgan fingerprint density at radius 3 is 2.62 bits per heavy atom. The molecule has 1 fully saturated rings. The zero-order valence-electron chi connectivity index (χ0n) is 4.84. The Morgan fingerprint density at radius 1 is 1.62 bits per heavy atom. The monoisotopic (exact) mass is 115 g/mol. The van der Waals surface area contributed by atoms with E-state index in [2.05, 4.69) is 0 Å². The second kappa shape index (κ2) is 2.44. The van der Waals surface area contributed by atoms with Gasteiger partial charge in [-0.2, -0.15) is 0 Å². The summed E-state index contributed by atoms with van der Waals surface area (Å²) < 4.78 is 0. The number of nitrogens with zero attached hydrogens (tertiary/aromatic N) is 1. The maximum atomic E-state index is 10.5. The Balaban J connectivity index is 1.98. The molecule has 0 unspecified atom stereocenters. The first-order valence-electron chi connectivity index (χ1n) is 2.95. The highest BCUT2D eigenvalue weighted by Crippen LogP contribution is 2.28. The number of hydrogen-bond donors (Lipinski definition) is 1. The SMILES string of the molecule is NCN([O-])CC1CC1. The van der Waals surface area contributed by atoms with Gasteiger partial charge in [-0.15, -0.1) is 0 Å². The van der Waals surface area contributed by atoms with Gasteiger partial charge in [-0.1, -0.05) is 0 Å². The van der Waals surface area contributed by atoms with Crippen LogP contribution >= 0.6 is 0 Å². The molecular weight excluding hydrogens is 104 g/mol. The van der Waals surface area contributed by atoms with E-state index >= 15 is 0 Å². The van der Waals surface area contributed by atoms with Crippen molar-refractivity contribution in [3.05, 3.63) is 5.21 Å². The van der Waals surface area contributed by atoms with Gasteiger partial charge in [0.05, 0.1) is 0 Å². The summed E-state index contributed by atoms with van der Waals surface area (Å²) in [5.74, 6) is 0.663. The van der Waals surface area contributed by atoms with Gasteiger partial charge in [0.2, 0.25) is 0 Å². The van der Waals surface area contributed by atoms with Gasteiger partial charge in [-0.25, -0.2) is 0 Å². The molecule has 0 aromatic rings. The van der Waals surface area contributed by atoms with Gasteiger partial charge >= 0.3 is 0 Å². The molecule has 2 N–H and O–H groups in total. The molecule has 0 heterocycles. The molecule has 0 aromatic carbocycles. The van der Waals surface area contributed by atoms with Crippen LogP contribution in [0, 0.1) is 11.1 Å². The smallest absolute Gasteiger partial charge is 0.0338 e. The van der Waals surface area contributed by atoms with E-state index in [4.69, 9.17) is 5.73 Å². The lowest BCUT2D eigenvalue weighted by atomic mass is 10.4. The molecule has 0 bridgehead atoms. The molecule has 0 spiro atoms. The normalized spacial score (nSPS) is 19.9. The first-order valence-corrected chi connectivity index (χ1v) is 2.95. The van der Waals surface area contributed by atoms with Crippen molar-refractivity contribution >= 4 is 0 Å². The molecule has 8 heavy (non-hydrogen) atoms. The minimum absolute atomic E-state index is 0.149. The molecule has 0 aromatic heterocycles. The highest BCUT2D eigenvalue weighted by molar-refractivity contribution is 4.76. The lowest BCUT2D eigenvalue weighted by Gasteiger charge is -2.25. The van der Waals surface area contributed by atoms with Gasteiger partial charge in [0, 0.05) is 6.67 Å². The lowest BCUT2D eigenvalue weighted by molar-refractivity contribution is 0.372. The third-order valence-electron chi connectivity index (χ3n) is 1.36. The van der Waals surface area contributed by atoms with Crippen molar-refractivity contribution in [2.75, 3.05) is 13.2 Å². The predicted octanol–water partition coefficient (Wildman–Crippen LogP) is 0.112. The summed E-state index contributed by atoms with van der Waals surface area (Å²) >= 11 is 0. The van der Waals surface area contributed by atoms with E-state index in [0.717, 1.165) is 5.06 Å². The fourth-order valence-corrected chi connectivity index (χ4v) is 0.663. The van der Waals surface area contributed by atoms with Crippen molar-refractivity contribution in [3.63, 3.8) is 0 Å². The van der Waals surface area contributed by atoms with Crippen LogP contribution in [0.3, 0.4) is 0 Å². The topological polar surface area (TPSA) is 52.3 Å². The van der Waals surface area contributed by atoms with Crippen molar-refractivity contribution in [3.8, 4) is 0 Å². The van der Waals surface area contributed by atoms with Crippen LogP contribution in [0.4, 0.5) is 0 Å². The Bertz CT molecular complexity index is 72.8. The third kappa shape index (κ3) is 1.78. The number of rotatable bonds is 3. The van der Waals surface area contributed by atoms with Gasteiger partial charge in [0.15, 0.2) is 0 Å². The number of hydroxylamine groups is 2. The Labute approximate surface area is 49.0 Å². The first-order chi connectivity index (χ1) is 3.83. The van der Waals surface area contributed by atoms with Crippen LogP contribution in [0.1, 0.15) is 12.8 Å². The minimum atomic E-state index is 0.149. The third-order valence-corrected chi connectivity index (χ3v) is 1.36. The maximum Gasteiger partial charge on any atom is 0.0338 e. The van der Waals surface area contributed by atoms with Crippen molar-refractivity contribution in [2.24, 2.45) is 11.7 Å². The Kier molecular flexibility index (Phi) is 1.83. The molecule has 1 saturated carbocycles. The molecular formula is C5H11N2O-. The predicted molar refractivity (Wildman–Crippen MR) is 31.9 cm³/mol. The molecule has 0 radical (unpaired) electrons. The van der Waals surface area contributed by atoms with E-state index in [1.54, 1.807) is 0 Å². The van der Waals surface area contributed by atoms with Crippen molar-refractivity contribution in [1.82, 2.24) is 5.06 Å². The average molecular weight is 115 g/mol. The van der Waals surface area contributed by atoms with Crippen LogP contribution in [0.2, 0.25) is 0 Å². The zero-order chi connectivity index (χ0) is 5.98. The summed E-state index contributed by atoms with van der Waals surface area (Å²) in [6.45, 7) is 0.799. The molecule has 3 nitrogen and oxygen atoms in total. The van der Waals surface area contributed by atoms with E-state index in [1.807, 2.05) is 0 Å². The Morgan fingerprint density at radius 2 is 2.25 bits per heavy atom. The van der Waals surface area contributed by atoms with Crippen LogP contribution in [0.25, 0.3) is 0 Å². The lowest BCUT2D eigenvalue weighted by Crippen LogP contribution is -2.25. The van der Waals surface area contributed by atoms with Gasteiger partial charge in [-0.3, -0.25) is 0 Å². The van der Waals surface area contributed by atoms with Crippen molar-refractivity contribution in [1.29, 1.82) is 0 Å². The van der Waals surface area contributed by atoms with Gasteiger partial charge in [0.25, 0.3) is 0 Å². The van der Waals surface area contributed by atoms with Gasteiger partial charge in [-0.05, 0) is 25.3 Å². The second-order valence-electron chi connectivity index (χ2n) is 2.29. The summed E-state index contributed by atoms with van der Waals surface area (Å²) in [5.41, 5.74) is 5.06.